The fraction of sp³-hybridized carbons (Fsp3) is 0.667. The van der Waals surface area contributed by atoms with Gasteiger partial charge in [0.2, 0.25) is 17.7 Å². The van der Waals surface area contributed by atoms with Crippen LogP contribution in [0, 0.1) is 5.92 Å². The monoisotopic (exact) mass is 306 g/mol. The molecule has 2 saturated heterocycles. The highest BCUT2D eigenvalue weighted by molar-refractivity contribution is 5.79. The van der Waals surface area contributed by atoms with Crippen LogP contribution in [0.1, 0.15) is 12.8 Å². The van der Waals surface area contributed by atoms with Crippen molar-refractivity contribution in [1.82, 2.24) is 14.9 Å². The van der Waals surface area contributed by atoms with Gasteiger partial charge in [-0.2, -0.15) is 4.98 Å². The molecule has 0 radical (unpaired) electrons. The summed E-state index contributed by atoms with van der Waals surface area (Å²) in [5.41, 5.74) is 0. The molecule has 120 valence electrons. The van der Waals surface area contributed by atoms with Gasteiger partial charge in [0.15, 0.2) is 0 Å². The van der Waals surface area contributed by atoms with Crippen LogP contribution < -0.4 is 9.64 Å². The quantitative estimate of drug-likeness (QED) is 0.813. The number of ether oxygens (including phenoxy) is 2. The van der Waals surface area contributed by atoms with E-state index < -0.39 is 0 Å². The molecule has 22 heavy (non-hydrogen) atoms. The van der Waals surface area contributed by atoms with Crippen LogP contribution >= 0.6 is 0 Å². The van der Waals surface area contributed by atoms with Crippen LogP contribution in [-0.4, -0.2) is 67.3 Å². The lowest BCUT2D eigenvalue weighted by atomic mass is 9.98. The molecule has 1 aromatic rings. The van der Waals surface area contributed by atoms with Crippen LogP contribution in [0.2, 0.25) is 0 Å². The Kier molecular flexibility index (Phi) is 4.72. The van der Waals surface area contributed by atoms with Gasteiger partial charge in [0, 0.05) is 57.6 Å². The molecule has 0 aromatic carbocycles. The van der Waals surface area contributed by atoms with Crippen molar-refractivity contribution in [2.24, 2.45) is 5.92 Å². The summed E-state index contributed by atoms with van der Waals surface area (Å²) < 4.78 is 10.5. The van der Waals surface area contributed by atoms with Crippen molar-refractivity contribution in [1.29, 1.82) is 0 Å². The van der Waals surface area contributed by atoms with Gasteiger partial charge >= 0.3 is 0 Å². The molecule has 2 aliphatic rings. The van der Waals surface area contributed by atoms with Crippen molar-refractivity contribution in [3.63, 3.8) is 0 Å². The van der Waals surface area contributed by atoms with Crippen molar-refractivity contribution in [3.05, 3.63) is 12.3 Å². The van der Waals surface area contributed by atoms with E-state index in [2.05, 4.69) is 14.9 Å². The lowest BCUT2D eigenvalue weighted by Gasteiger charge is -2.37. The van der Waals surface area contributed by atoms with Crippen molar-refractivity contribution >= 4 is 11.9 Å². The maximum absolute atomic E-state index is 12.5. The largest absolute Gasteiger partial charge is 0.481 e. The van der Waals surface area contributed by atoms with Crippen molar-refractivity contribution in [2.75, 3.05) is 51.4 Å². The summed E-state index contributed by atoms with van der Waals surface area (Å²) in [6.45, 7) is 4.35. The van der Waals surface area contributed by atoms with E-state index >= 15 is 0 Å². The first-order valence-electron chi connectivity index (χ1n) is 7.76. The predicted molar refractivity (Wildman–Crippen MR) is 80.9 cm³/mol. The topological polar surface area (TPSA) is 67.8 Å². The van der Waals surface area contributed by atoms with Gasteiger partial charge < -0.3 is 19.3 Å². The Bertz CT molecular complexity index is 511. The molecule has 3 rings (SSSR count). The molecule has 3 heterocycles. The summed E-state index contributed by atoms with van der Waals surface area (Å²) in [4.78, 5) is 25.2. The molecule has 1 amide bonds. The summed E-state index contributed by atoms with van der Waals surface area (Å²) in [7, 11) is 1.59. The first-order valence-corrected chi connectivity index (χ1v) is 7.76. The Morgan fingerprint density at radius 2 is 2.00 bits per heavy atom. The fourth-order valence-corrected chi connectivity index (χ4v) is 2.93. The summed E-state index contributed by atoms with van der Waals surface area (Å²) in [6.07, 6.45) is 3.39. The summed E-state index contributed by atoms with van der Waals surface area (Å²) >= 11 is 0. The minimum absolute atomic E-state index is 0.133. The molecule has 7 nitrogen and oxygen atoms in total. The molecule has 0 bridgehead atoms. The van der Waals surface area contributed by atoms with Crippen LogP contribution in [-0.2, 0) is 9.53 Å². The molecule has 7 heteroatoms. The van der Waals surface area contributed by atoms with Gasteiger partial charge in [0.05, 0.1) is 7.11 Å². The van der Waals surface area contributed by atoms with Gasteiger partial charge in [-0.1, -0.05) is 0 Å². The van der Waals surface area contributed by atoms with Gasteiger partial charge in [-0.15, -0.1) is 0 Å². The Balaban J connectivity index is 1.56. The number of rotatable bonds is 3. The van der Waals surface area contributed by atoms with E-state index in [0.717, 1.165) is 39.0 Å². The van der Waals surface area contributed by atoms with E-state index in [1.165, 1.54) is 0 Å². The summed E-state index contributed by atoms with van der Waals surface area (Å²) in [5, 5.41) is 0. The molecule has 2 aliphatic heterocycles. The average molecular weight is 306 g/mol. The molecule has 0 saturated carbocycles. The second-order valence-corrected chi connectivity index (χ2v) is 5.60. The smallest absolute Gasteiger partial charge is 0.228 e. The van der Waals surface area contributed by atoms with Crippen LogP contribution in [0.4, 0.5) is 5.95 Å². The van der Waals surface area contributed by atoms with Gasteiger partial charge in [0.1, 0.15) is 0 Å². The van der Waals surface area contributed by atoms with Gasteiger partial charge in [-0.25, -0.2) is 4.98 Å². The highest BCUT2D eigenvalue weighted by Crippen LogP contribution is 2.20. The molecule has 0 spiro atoms. The van der Waals surface area contributed by atoms with E-state index in [1.807, 2.05) is 4.90 Å². The molecule has 0 N–H and O–H groups in total. The maximum atomic E-state index is 12.5. The summed E-state index contributed by atoms with van der Waals surface area (Å²) in [5.74, 6) is 1.63. The predicted octanol–water partition coefficient (Wildman–Crippen LogP) is 0.560. The second-order valence-electron chi connectivity index (χ2n) is 5.60. The third kappa shape index (κ3) is 3.30. The lowest BCUT2D eigenvalue weighted by molar-refractivity contribution is -0.138. The Morgan fingerprint density at radius 1 is 1.27 bits per heavy atom. The zero-order chi connectivity index (χ0) is 15.4. The number of carbonyl (C=O) groups excluding carboxylic acids is 1. The zero-order valence-corrected chi connectivity index (χ0v) is 12.9. The van der Waals surface area contributed by atoms with Gasteiger partial charge in [-0.3, -0.25) is 4.79 Å². The molecule has 0 unspecified atom stereocenters. The highest BCUT2D eigenvalue weighted by atomic mass is 16.5. The number of methoxy groups -OCH3 is 1. The fourth-order valence-electron chi connectivity index (χ4n) is 2.93. The molecule has 1 aromatic heterocycles. The Labute approximate surface area is 130 Å². The van der Waals surface area contributed by atoms with Crippen molar-refractivity contribution in [2.45, 2.75) is 12.8 Å². The van der Waals surface area contributed by atoms with Crippen molar-refractivity contribution < 1.29 is 14.3 Å². The first kappa shape index (κ1) is 15.0. The van der Waals surface area contributed by atoms with Crippen molar-refractivity contribution in [3.8, 4) is 5.88 Å². The van der Waals surface area contributed by atoms with Crippen LogP contribution in [0.25, 0.3) is 0 Å². The van der Waals surface area contributed by atoms with Crippen LogP contribution in [0.5, 0.6) is 5.88 Å². The van der Waals surface area contributed by atoms with E-state index in [9.17, 15) is 4.79 Å². The number of hydrogen-bond donors (Lipinski definition) is 0. The Hall–Kier alpha value is -1.89. The molecular weight excluding hydrogens is 284 g/mol. The summed E-state index contributed by atoms with van der Waals surface area (Å²) in [6, 6.07) is 1.73. The Morgan fingerprint density at radius 3 is 2.68 bits per heavy atom. The van der Waals surface area contributed by atoms with E-state index in [4.69, 9.17) is 9.47 Å². The lowest BCUT2D eigenvalue weighted by Crippen LogP contribution is -2.51. The van der Waals surface area contributed by atoms with Crippen LogP contribution in [0.15, 0.2) is 12.3 Å². The number of amides is 1. The molecule has 0 atom stereocenters. The number of carbonyl (C=O) groups is 1. The molecule has 2 fully saturated rings. The second kappa shape index (κ2) is 6.91. The van der Waals surface area contributed by atoms with E-state index in [-0.39, 0.29) is 11.8 Å². The standard InChI is InChI=1S/C15H22N4O3/c1-21-13-2-5-16-15(17-13)19-8-6-18(7-9-19)14(20)12-3-10-22-11-4-12/h2,5,12H,3-4,6-11H2,1H3. The maximum Gasteiger partial charge on any atom is 0.228 e. The normalized spacial score (nSPS) is 20.0. The minimum Gasteiger partial charge on any atom is -0.481 e. The van der Waals surface area contributed by atoms with Crippen LogP contribution in [0.3, 0.4) is 0 Å². The number of nitrogens with zero attached hydrogens (tertiary/aromatic N) is 4. The van der Waals surface area contributed by atoms with E-state index in [1.54, 1.807) is 19.4 Å². The highest BCUT2D eigenvalue weighted by Gasteiger charge is 2.29. The third-order valence-electron chi connectivity index (χ3n) is 4.27. The molecule has 0 aliphatic carbocycles. The number of piperazine rings is 1. The molecular formula is C15H22N4O3. The number of hydrogen-bond acceptors (Lipinski definition) is 6. The minimum atomic E-state index is 0.133. The first-order chi connectivity index (χ1) is 10.8. The van der Waals surface area contributed by atoms with E-state index in [0.29, 0.717) is 25.0 Å². The number of aromatic nitrogens is 2. The third-order valence-corrected chi connectivity index (χ3v) is 4.27. The number of anilines is 1. The SMILES string of the molecule is COc1ccnc(N2CCN(C(=O)C3CCOCC3)CC2)n1. The van der Waals surface area contributed by atoms with Gasteiger partial charge in [0.25, 0.3) is 0 Å². The average Bonchev–Trinajstić information content (AvgIpc) is 2.62. The zero-order valence-electron chi connectivity index (χ0n) is 12.9. The van der Waals surface area contributed by atoms with Gasteiger partial charge in [-0.05, 0) is 12.8 Å².